The van der Waals surface area contributed by atoms with Crippen LogP contribution in [0.1, 0.15) is 30.9 Å². The molecule has 1 fully saturated rings. The maximum absolute atomic E-state index is 13.0. The number of amides is 1. The third-order valence-electron chi connectivity index (χ3n) is 6.60. The van der Waals surface area contributed by atoms with E-state index >= 15 is 0 Å². The molecule has 0 spiro atoms. The Morgan fingerprint density at radius 3 is 2.53 bits per heavy atom. The fourth-order valence-corrected chi connectivity index (χ4v) is 4.64. The summed E-state index contributed by atoms with van der Waals surface area (Å²) in [6.45, 7) is 10.2. The van der Waals surface area contributed by atoms with E-state index in [4.69, 9.17) is 0 Å². The number of quaternary nitrogens is 2. The summed E-state index contributed by atoms with van der Waals surface area (Å²) in [4.78, 5) is 20.1. The number of likely N-dealkylation sites (N-methyl/N-ethyl adjacent to an activating group) is 1. The number of carbonyl (C=O) groups excluding carboxylic acids is 1. The first-order valence-corrected chi connectivity index (χ1v) is 11.2. The van der Waals surface area contributed by atoms with Crippen LogP contribution in [0.4, 0.5) is 0 Å². The number of nitrogens with zero attached hydrogens (tertiary/aromatic N) is 1. The van der Waals surface area contributed by atoms with Gasteiger partial charge in [0.05, 0.1) is 45.2 Å². The molecule has 3 aromatic rings. The number of piperazine rings is 1. The first-order chi connectivity index (χ1) is 14.7. The Bertz CT molecular complexity index is 959. The number of carbonyl (C=O) groups is 1. The van der Waals surface area contributed by atoms with Crippen LogP contribution in [0.2, 0.25) is 0 Å². The Balaban J connectivity index is 1.48. The second-order valence-electron chi connectivity index (χ2n) is 8.44. The summed E-state index contributed by atoms with van der Waals surface area (Å²) in [6.07, 6.45) is 2.13. The van der Waals surface area contributed by atoms with Crippen LogP contribution in [-0.2, 0) is 4.79 Å². The van der Waals surface area contributed by atoms with E-state index in [0.717, 1.165) is 44.8 Å². The van der Waals surface area contributed by atoms with Crippen molar-refractivity contribution in [2.45, 2.75) is 25.8 Å². The van der Waals surface area contributed by atoms with Gasteiger partial charge in [0, 0.05) is 17.1 Å². The standard InChI is InChI=1S/C25H32N4O/c1-3-28-13-15-29(16-14-28)25(30)19(2)26-17-22(20-9-5-4-6-10-20)23-18-27-24-12-8-7-11-21(23)24/h4-12,18-19,22,26-27H,3,13-17H2,1-2H3/p+2/t19-,22-/m1/s1. The lowest BCUT2D eigenvalue weighted by atomic mass is 9.90. The van der Waals surface area contributed by atoms with Crippen LogP contribution < -0.4 is 10.2 Å². The largest absolute Gasteiger partial charge is 0.361 e. The van der Waals surface area contributed by atoms with E-state index in [0.29, 0.717) is 0 Å². The number of aromatic amines is 1. The molecule has 0 radical (unpaired) electrons. The highest BCUT2D eigenvalue weighted by molar-refractivity contribution is 5.84. The van der Waals surface area contributed by atoms with Gasteiger partial charge in [0.15, 0.2) is 6.04 Å². The Labute approximate surface area is 179 Å². The molecular weight excluding hydrogens is 372 g/mol. The minimum absolute atomic E-state index is 0.0652. The summed E-state index contributed by atoms with van der Waals surface area (Å²) in [5.74, 6) is 0.509. The molecule has 5 heteroatoms. The summed E-state index contributed by atoms with van der Waals surface area (Å²) in [6, 6.07) is 19.0. The Morgan fingerprint density at radius 1 is 1.10 bits per heavy atom. The van der Waals surface area contributed by atoms with Crippen LogP contribution >= 0.6 is 0 Å². The number of benzene rings is 2. The third-order valence-corrected chi connectivity index (χ3v) is 6.60. The van der Waals surface area contributed by atoms with Crippen LogP contribution in [-0.4, -0.2) is 61.1 Å². The molecule has 0 unspecified atom stereocenters. The van der Waals surface area contributed by atoms with Gasteiger partial charge >= 0.3 is 0 Å². The van der Waals surface area contributed by atoms with Crippen molar-refractivity contribution in [2.24, 2.45) is 0 Å². The predicted octanol–water partition coefficient (Wildman–Crippen LogP) is 0.999. The number of hydrogen-bond acceptors (Lipinski definition) is 1. The van der Waals surface area contributed by atoms with Crippen molar-refractivity contribution in [1.29, 1.82) is 0 Å². The number of H-pyrrole nitrogens is 1. The van der Waals surface area contributed by atoms with Gasteiger partial charge in [0.1, 0.15) is 0 Å². The van der Waals surface area contributed by atoms with E-state index in [9.17, 15) is 4.79 Å². The molecule has 2 aromatic carbocycles. The number of nitrogens with one attached hydrogen (secondary N) is 2. The van der Waals surface area contributed by atoms with Gasteiger partial charge in [-0.1, -0.05) is 48.5 Å². The van der Waals surface area contributed by atoms with Gasteiger partial charge < -0.3 is 20.1 Å². The topological polar surface area (TPSA) is 57.1 Å². The van der Waals surface area contributed by atoms with Gasteiger partial charge in [-0.3, -0.25) is 4.79 Å². The molecule has 5 nitrogen and oxygen atoms in total. The molecule has 158 valence electrons. The van der Waals surface area contributed by atoms with E-state index < -0.39 is 0 Å². The molecule has 4 rings (SSSR count). The molecule has 1 amide bonds. The molecule has 1 aliphatic rings. The van der Waals surface area contributed by atoms with E-state index in [1.807, 2.05) is 0 Å². The summed E-state index contributed by atoms with van der Waals surface area (Å²) < 4.78 is 0. The van der Waals surface area contributed by atoms with Crippen molar-refractivity contribution in [3.05, 3.63) is 71.9 Å². The van der Waals surface area contributed by atoms with Crippen molar-refractivity contribution in [3.63, 3.8) is 0 Å². The lowest BCUT2D eigenvalue weighted by Crippen LogP contribution is -3.14. The van der Waals surface area contributed by atoms with Crippen LogP contribution in [0, 0.1) is 0 Å². The van der Waals surface area contributed by atoms with Gasteiger partial charge in [0.2, 0.25) is 0 Å². The first kappa shape index (κ1) is 20.6. The fraction of sp³-hybridized carbons (Fsp3) is 0.400. The number of hydrogen-bond donors (Lipinski definition) is 3. The second-order valence-corrected chi connectivity index (χ2v) is 8.44. The van der Waals surface area contributed by atoms with Gasteiger partial charge in [0.25, 0.3) is 5.91 Å². The van der Waals surface area contributed by atoms with Gasteiger partial charge in [-0.25, -0.2) is 0 Å². The maximum atomic E-state index is 13.0. The molecule has 1 aromatic heterocycles. The molecule has 0 saturated carbocycles. The normalized spacial score (nSPS) is 17.2. The monoisotopic (exact) mass is 406 g/mol. The molecule has 0 aliphatic carbocycles. The highest BCUT2D eigenvalue weighted by Crippen LogP contribution is 2.29. The molecule has 1 saturated heterocycles. The summed E-state index contributed by atoms with van der Waals surface area (Å²) in [5.41, 5.74) is 3.75. The Hall–Kier alpha value is -2.63. The molecule has 30 heavy (non-hydrogen) atoms. The number of rotatable bonds is 7. The highest BCUT2D eigenvalue weighted by Gasteiger charge is 2.29. The van der Waals surface area contributed by atoms with Crippen molar-refractivity contribution < 1.29 is 15.0 Å². The van der Waals surface area contributed by atoms with E-state index in [2.05, 4.69) is 89.8 Å². The summed E-state index contributed by atoms with van der Waals surface area (Å²) >= 11 is 0. The zero-order valence-corrected chi connectivity index (χ0v) is 18.1. The Morgan fingerprint density at radius 2 is 1.80 bits per heavy atom. The number of nitrogens with two attached hydrogens (primary N) is 1. The number of aromatic nitrogens is 1. The molecule has 2 heterocycles. The number of fused-ring (bicyclic) bond motifs is 1. The minimum atomic E-state index is -0.0652. The molecule has 4 N–H and O–H groups in total. The average Bonchev–Trinajstić information content (AvgIpc) is 3.23. The maximum Gasteiger partial charge on any atom is 0.280 e. The summed E-state index contributed by atoms with van der Waals surface area (Å²) in [7, 11) is 0. The first-order valence-electron chi connectivity index (χ1n) is 11.2. The highest BCUT2D eigenvalue weighted by atomic mass is 16.2. The fourth-order valence-electron chi connectivity index (χ4n) is 4.64. The lowest BCUT2D eigenvalue weighted by Gasteiger charge is -2.32. The van der Waals surface area contributed by atoms with Crippen molar-refractivity contribution in [1.82, 2.24) is 9.88 Å². The SMILES string of the molecule is CC[NH+]1CCN(C(=O)[C@@H](C)[NH2+]C[C@H](c2ccccc2)c2c[nH]c3ccccc23)CC1. The van der Waals surface area contributed by atoms with Crippen LogP contribution in [0.3, 0.4) is 0 Å². The average molecular weight is 407 g/mol. The molecule has 1 aliphatic heterocycles. The van der Waals surface area contributed by atoms with Crippen molar-refractivity contribution in [2.75, 3.05) is 39.3 Å². The molecule has 2 atom stereocenters. The molecular formula is C25H34N4O+2. The van der Waals surface area contributed by atoms with Crippen molar-refractivity contribution >= 4 is 16.8 Å². The third kappa shape index (κ3) is 4.42. The van der Waals surface area contributed by atoms with E-state index in [1.54, 1.807) is 4.90 Å². The van der Waals surface area contributed by atoms with Crippen LogP contribution in [0.5, 0.6) is 0 Å². The summed E-state index contributed by atoms with van der Waals surface area (Å²) in [5, 5.41) is 3.48. The van der Waals surface area contributed by atoms with Crippen molar-refractivity contribution in [3.8, 4) is 0 Å². The second kappa shape index (κ2) is 9.45. The van der Waals surface area contributed by atoms with Gasteiger partial charge in [-0.15, -0.1) is 0 Å². The predicted molar refractivity (Wildman–Crippen MR) is 121 cm³/mol. The zero-order chi connectivity index (χ0) is 20.9. The van der Waals surface area contributed by atoms with Crippen LogP contribution in [0.15, 0.2) is 60.8 Å². The minimum Gasteiger partial charge on any atom is -0.361 e. The van der Waals surface area contributed by atoms with Gasteiger partial charge in [-0.05, 0) is 31.0 Å². The Kier molecular flexibility index (Phi) is 6.50. The molecule has 0 bridgehead atoms. The van der Waals surface area contributed by atoms with Gasteiger partial charge in [-0.2, -0.15) is 0 Å². The smallest absolute Gasteiger partial charge is 0.280 e. The number of para-hydroxylation sites is 1. The zero-order valence-electron chi connectivity index (χ0n) is 18.1. The quantitative estimate of drug-likeness (QED) is 0.539. The van der Waals surface area contributed by atoms with E-state index in [-0.39, 0.29) is 17.9 Å². The van der Waals surface area contributed by atoms with Crippen LogP contribution in [0.25, 0.3) is 10.9 Å². The van der Waals surface area contributed by atoms with E-state index in [1.165, 1.54) is 16.5 Å². The lowest BCUT2D eigenvalue weighted by molar-refractivity contribution is -0.902.